The van der Waals surface area contributed by atoms with Crippen molar-refractivity contribution in [3.63, 3.8) is 0 Å². The minimum atomic E-state index is -4.30. The third-order valence-electron chi connectivity index (χ3n) is 2.85. The van der Waals surface area contributed by atoms with E-state index in [0.717, 1.165) is 19.6 Å². The van der Waals surface area contributed by atoms with Crippen molar-refractivity contribution in [1.29, 1.82) is 0 Å². The van der Waals surface area contributed by atoms with Crippen molar-refractivity contribution in [2.45, 2.75) is 32.1 Å². The van der Waals surface area contributed by atoms with E-state index < -0.39 is 12.6 Å². The number of hydrogen-bond acceptors (Lipinski definition) is 5. The summed E-state index contributed by atoms with van der Waals surface area (Å²) in [6, 6.07) is 0.303. The van der Waals surface area contributed by atoms with E-state index in [4.69, 9.17) is 4.52 Å². The first-order valence-corrected chi connectivity index (χ1v) is 5.77. The zero-order valence-electron chi connectivity index (χ0n) is 10.4. The maximum atomic E-state index is 12.1. The van der Waals surface area contributed by atoms with E-state index in [-0.39, 0.29) is 24.1 Å². The molecular formula is C10H16ClF3N4O. The standard InChI is InChI=1S/C10H15F3N4O.ClH/c1-7-5-14-2-3-17(7)6-9-15-8(16-18-9)4-10(11,12)13;/h7,14H,2-6H2,1H3;1H/t7-;/m1./s1. The molecule has 0 saturated carbocycles. The van der Waals surface area contributed by atoms with Crippen LogP contribution in [0.5, 0.6) is 0 Å². The molecule has 1 aliphatic heterocycles. The monoisotopic (exact) mass is 300 g/mol. The topological polar surface area (TPSA) is 54.2 Å². The molecular weight excluding hydrogens is 285 g/mol. The predicted molar refractivity (Wildman–Crippen MR) is 64.0 cm³/mol. The Bertz CT molecular complexity index is 398. The van der Waals surface area contributed by atoms with Gasteiger partial charge >= 0.3 is 6.18 Å². The van der Waals surface area contributed by atoms with Gasteiger partial charge in [-0.15, -0.1) is 12.4 Å². The van der Waals surface area contributed by atoms with Crippen LogP contribution >= 0.6 is 12.4 Å². The number of nitrogens with one attached hydrogen (secondary N) is 1. The van der Waals surface area contributed by atoms with Crippen molar-refractivity contribution in [2.24, 2.45) is 0 Å². The molecule has 0 aliphatic carbocycles. The highest BCUT2D eigenvalue weighted by atomic mass is 35.5. The molecule has 0 spiro atoms. The van der Waals surface area contributed by atoms with Gasteiger partial charge in [-0.3, -0.25) is 4.90 Å². The molecule has 9 heteroatoms. The SMILES string of the molecule is C[C@@H]1CNCCN1Cc1nc(CC(F)(F)F)no1.Cl. The number of nitrogens with zero attached hydrogens (tertiary/aromatic N) is 3. The molecule has 0 aromatic carbocycles. The second-order valence-corrected chi connectivity index (χ2v) is 4.42. The predicted octanol–water partition coefficient (Wildman–Crippen LogP) is 1.39. The molecule has 1 saturated heterocycles. The van der Waals surface area contributed by atoms with Crippen LogP contribution in [0.25, 0.3) is 0 Å². The van der Waals surface area contributed by atoms with E-state index in [9.17, 15) is 13.2 Å². The number of piperazine rings is 1. The molecule has 5 nitrogen and oxygen atoms in total. The zero-order chi connectivity index (χ0) is 13.2. The lowest BCUT2D eigenvalue weighted by Crippen LogP contribution is -2.49. The van der Waals surface area contributed by atoms with Crippen LogP contribution in [0.2, 0.25) is 0 Å². The fraction of sp³-hybridized carbons (Fsp3) is 0.800. The van der Waals surface area contributed by atoms with Crippen LogP contribution in [0.1, 0.15) is 18.6 Å². The minimum absolute atomic E-state index is 0. The Hall–Kier alpha value is -0.860. The summed E-state index contributed by atoms with van der Waals surface area (Å²) in [5, 5.41) is 6.57. The van der Waals surface area contributed by atoms with E-state index in [0.29, 0.717) is 12.6 Å². The van der Waals surface area contributed by atoms with Crippen molar-refractivity contribution in [3.05, 3.63) is 11.7 Å². The maximum absolute atomic E-state index is 12.1. The number of aromatic nitrogens is 2. The van der Waals surface area contributed by atoms with Gasteiger partial charge in [0.15, 0.2) is 5.82 Å². The fourth-order valence-electron chi connectivity index (χ4n) is 1.90. The number of hydrogen-bond donors (Lipinski definition) is 1. The van der Waals surface area contributed by atoms with Crippen molar-refractivity contribution >= 4 is 12.4 Å². The third kappa shape index (κ3) is 4.96. The van der Waals surface area contributed by atoms with Crippen LogP contribution in [-0.2, 0) is 13.0 Å². The number of rotatable bonds is 3. The smallest absolute Gasteiger partial charge is 0.338 e. The Morgan fingerprint density at radius 3 is 2.84 bits per heavy atom. The fourth-order valence-corrected chi connectivity index (χ4v) is 1.90. The number of alkyl halides is 3. The van der Waals surface area contributed by atoms with Crippen LogP contribution < -0.4 is 5.32 Å². The average molecular weight is 301 g/mol. The second-order valence-electron chi connectivity index (χ2n) is 4.42. The van der Waals surface area contributed by atoms with Gasteiger partial charge in [0.2, 0.25) is 5.89 Å². The minimum Gasteiger partial charge on any atom is -0.338 e. The van der Waals surface area contributed by atoms with Gasteiger partial charge in [-0.25, -0.2) is 0 Å². The first kappa shape index (κ1) is 16.2. The van der Waals surface area contributed by atoms with E-state index in [1.165, 1.54) is 0 Å². The normalized spacial score (nSPS) is 21.2. The molecule has 0 unspecified atom stereocenters. The summed E-state index contributed by atoms with van der Waals surface area (Å²) in [5.41, 5.74) is 0. The quantitative estimate of drug-likeness (QED) is 0.914. The van der Waals surface area contributed by atoms with Crippen LogP contribution in [0, 0.1) is 0 Å². The van der Waals surface area contributed by atoms with Crippen molar-refractivity contribution in [1.82, 2.24) is 20.4 Å². The van der Waals surface area contributed by atoms with Crippen LogP contribution in [0.15, 0.2) is 4.52 Å². The molecule has 19 heavy (non-hydrogen) atoms. The first-order chi connectivity index (χ1) is 8.44. The Morgan fingerprint density at radius 2 is 2.21 bits per heavy atom. The molecule has 1 N–H and O–H groups in total. The molecule has 0 radical (unpaired) electrons. The zero-order valence-corrected chi connectivity index (χ0v) is 11.2. The van der Waals surface area contributed by atoms with Gasteiger partial charge in [-0.1, -0.05) is 5.16 Å². The third-order valence-corrected chi connectivity index (χ3v) is 2.85. The van der Waals surface area contributed by atoms with Crippen LogP contribution in [0.4, 0.5) is 13.2 Å². The maximum Gasteiger partial charge on any atom is 0.396 e. The van der Waals surface area contributed by atoms with Crippen molar-refractivity contribution < 1.29 is 17.7 Å². The molecule has 1 atom stereocenters. The van der Waals surface area contributed by atoms with E-state index >= 15 is 0 Å². The lowest BCUT2D eigenvalue weighted by molar-refractivity contribution is -0.128. The lowest BCUT2D eigenvalue weighted by atomic mass is 10.2. The summed E-state index contributed by atoms with van der Waals surface area (Å²) >= 11 is 0. The average Bonchev–Trinajstić information content (AvgIpc) is 2.66. The van der Waals surface area contributed by atoms with Gasteiger partial charge in [-0.05, 0) is 6.92 Å². The molecule has 0 bridgehead atoms. The molecule has 1 aliphatic rings. The molecule has 2 rings (SSSR count). The molecule has 1 fully saturated rings. The molecule has 2 heterocycles. The van der Waals surface area contributed by atoms with E-state index in [2.05, 4.69) is 20.4 Å². The Labute approximate surface area is 114 Å². The first-order valence-electron chi connectivity index (χ1n) is 5.77. The van der Waals surface area contributed by atoms with Crippen molar-refractivity contribution in [2.75, 3.05) is 19.6 Å². The van der Waals surface area contributed by atoms with Gasteiger partial charge < -0.3 is 9.84 Å². The van der Waals surface area contributed by atoms with E-state index in [1.807, 2.05) is 6.92 Å². The summed E-state index contributed by atoms with van der Waals surface area (Å²) in [6.07, 6.45) is -5.45. The van der Waals surface area contributed by atoms with Gasteiger partial charge in [-0.2, -0.15) is 18.2 Å². The Morgan fingerprint density at radius 1 is 1.47 bits per heavy atom. The van der Waals surface area contributed by atoms with Crippen LogP contribution in [0.3, 0.4) is 0 Å². The summed E-state index contributed by atoms with van der Waals surface area (Å²) in [6.45, 7) is 4.96. The number of halogens is 4. The largest absolute Gasteiger partial charge is 0.396 e. The van der Waals surface area contributed by atoms with Gasteiger partial charge in [0.25, 0.3) is 0 Å². The summed E-state index contributed by atoms with van der Waals surface area (Å²) in [5.74, 6) is -0.0664. The highest BCUT2D eigenvalue weighted by molar-refractivity contribution is 5.85. The summed E-state index contributed by atoms with van der Waals surface area (Å²) in [4.78, 5) is 5.86. The van der Waals surface area contributed by atoms with Gasteiger partial charge in [0.1, 0.15) is 6.42 Å². The van der Waals surface area contributed by atoms with Crippen molar-refractivity contribution in [3.8, 4) is 0 Å². The van der Waals surface area contributed by atoms with Gasteiger partial charge in [0.05, 0.1) is 6.54 Å². The Kier molecular flexibility index (Phi) is 5.57. The second kappa shape index (κ2) is 6.53. The molecule has 110 valence electrons. The van der Waals surface area contributed by atoms with E-state index in [1.54, 1.807) is 0 Å². The van der Waals surface area contributed by atoms with Crippen LogP contribution in [-0.4, -0.2) is 46.9 Å². The Balaban J connectivity index is 0.00000180. The summed E-state index contributed by atoms with van der Waals surface area (Å²) < 4.78 is 41.2. The van der Waals surface area contributed by atoms with Gasteiger partial charge in [0, 0.05) is 25.7 Å². The highest BCUT2D eigenvalue weighted by Crippen LogP contribution is 2.19. The lowest BCUT2D eigenvalue weighted by Gasteiger charge is -2.32. The molecule has 1 aromatic rings. The molecule has 0 amide bonds. The molecule has 1 aromatic heterocycles. The highest BCUT2D eigenvalue weighted by Gasteiger charge is 2.31. The summed E-state index contributed by atoms with van der Waals surface area (Å²) in [7, 11) is 0.